The highest BCUT2D eigenvalue weighted by Crippen LogP contribution is 2.19. The zero-order valence-corrected chi connectivity index (χ0v) is 12.3. The van der Waals surface area contributed by atoms with E-state index in [0.717, 1.165) is 24.1 Å². The molecule has 0 heterocycles. The van der Waals surface area contributed by atoms with Crippen molar-refractivity contribution in [1.82, 2.24) is 0 Å². The van der Waals surface area contributed by atoms with Gasteiger partial charge in [0.05, 0.1) is 12.5 Å². The maximum Gasteiger partial charge on any atom is 0.0670 e. The van der Waals surface area contributed by atoms with E-state index in [-0.39, 0.29) is 0 Å². The average molecular weight is 279 g/mol. The Morgan fingerprint density at radius 3 is 2.67 bits per heavy atom. The van der Waals surface area contributed by atoms with E-state index in [1.165, 1.54) is 5.56 Å². The van der Waals surface area contributed by atoms with Gasteiger partial charge < -0.3 is 11.1 Å². The Balaban J connectivity index is 1.92. The quantitative estimate of drug-likeness (QED) is 0.791. The zero-order valence-electron chi connectivity index (χ0n) is 12.3. The lowest BCUT2D eigenvalue weighted by atomic mass is 10.1. The first kappa shape index (κ1) is 14.9. The summed E-state index contributed by atoms with van der Waals surface area (Å²) in [5, 5.41) is 12.3. The lowest BCUT2D eigenvalue weighted by molar-refractivity contribution is 0.706. The van der Waals surface area contributed by atoms with Gasteiger partial charge in [-0.2, -0.15) is 5.26 Å². The highest BCUT2D eigenvalue weighted by Gasteiger charge is 2.05. The third-order valence-corrected chi connectivity index (χ3v) is 3.53. The maximum absolute atomic E-state index is 8.80. The van der Waals surface area contributed by atoms with Gasteiger partial charge in [-0.3, -0.25) is 0 Å². The van der Waals surface area contributed by atoms with Crippen LogP contribution >= 0.6 is 0 Å². The van der Waals surface area contributed by atoms with Crippen molar-refractivity contribution < 1.29 is 0 Å². The SMILES string of the molecule is CC(CCc1ccccc1)Nc1ccc(N)c(CC#N)c1. The van der Waals surface area contributed by atoms with Crippen LogP contribution in [0.3, 0.4) is 0 Å². The van der Waals surface area contributed by atoms with Crippen molar-refractivity contribution >= 4 is 11.4 Å². The first-order chi connectivity index (χ1) is 10.2. The predicted molar refractivity (Wildman–Crippen MR) is 88.0 cm³/mol. The van der Waals surface area contributed by atoms with Gasteiger partial charge in [-0.15, -0.1) is 0 Å². The molecule has 2 aromatic rings. The number of hydrogen-bond acceptors (Lipinski definition) is 3. The highest BCUT2D eigenvalue weighted by molar-refractivity contribution is 5.58. The van der Waals surface area contributed by atoms with Gasteiger partial charge in [0.25, 0.3) is 0 Å². The molecule has 0 spiro atoms. The van der Waals surface area contributed by atoms with Gasteiger partial charge in [-0.05, 0) is 49.1 Å². The van der Waals surface area contributed by atoms with E-state index in [2.05, 4.69) is 42.6 Å². The molecule has 0 radical (unpaired) electrons. The van der Waals surface area contributed by atoms with Gasteiger partial charge in [0, 0.05) is 17.4 Å². The van der Waals surface area contributed by atoms with Gasteiger partial charge in [0.15, 0.2) is 0 Å². The minimum absolute atomic E-state index is 0.347. The van der Waals surface area contributed by atoms with Gasteiger partial charge in [0.1, 0.15) is 0 Å². The molecular weight excluding hydrogens is 258 g/mol. The first-order valence-corrected chi connectivity index (χ1v) is 7.25. The van der Waals surface area contributed by atoms with E-state index in [9.17, 15) is 0 Å². The average Bonchev–Trinajstić information content (AvgIpc) is 2.50. The summed E-state index contributed by atoms with van der Waals surface area (Å²) in [7, 11) is 0. The third-order valence-electron chi connectivity index (χ3n) is 3.53. The summed E-state index contributed by atoms with van der Waals surface area (Å²) in [6, 6.07) is 18.8. The minimum Gasteiger partial charge on any atom is -0.398 e. The van der Waals surface area contributed by atoms with Crippen molar-refractivity contribution in [3.8, 4) is 6.07 Å². The van der Waals surface area contributed by atoms with Gasteiger partial charge in [-0.1, -0.05) is 30.3 Å². The van der Waals surface area contributed by atoms with Crippen molar-refractivity contribution in [3.63, 3.8) is 0 Å². The predicted octanol–water partition coefficient (Wildman–Crippen LogP) is 3.77. The monoisotopic (exact) mass is 279 g/mol. The molecule has 1 atom stereocenters. The molecule has 2 aromatic carbocycles. The molecule has 0 aliphatic rings. The topological polar surface area (TPSA) is 61.8 Å². The van der Waals surface area contributed by atoms with E-state index in [1.807, 2.05) is 24.3 Å². The number of nitrogens with one attached hydrogen (secondary N) is 1. The lowest BCUT2D eigenvalue weighted by Gasteiger charge is -2.16. The summed E-state index contributed by atoms with van der Waals surface area (Å²) in [6.45, 7) is 2.17. The molecule has 0 fully saturated rings. The second-order valence-corrected chi connectivity index (χ2v) is 5.32. The molecule has 0 bridgehead atoms. The van der Waals surface area contributed by atoms with Crippen LogP contribution in [0.25, 0.3) is 0 Å². The Labute approximate surface area is 126 Å². The van der Waals surface area contributed by atoms with E-state index in [0.29, 0.717) is 18.2 Å². The number of benzene rings is 2. The molecular formula is C18H21N3. The minimum atomic E-state index is 0.347. The molecule has 21 heavy (non-hydrogen) atoms. The van der Waals surface area contributed by atoms with Crippen LogP contribution in [0.5, 0.6) is 0 Å². The smallest absolute Gasteiger partial charge is 0.0670 e. The van der Waals surface area contributed by atoms with Crippen molar-refractivity contribution in [3.05, 3.63) is 59.7 Å². The zero-order chi connectivity index (χ0) is 15.1. The Bertz CT molecular complexity index is 614. The molecule has 108 valence electrons. The third kappa shape index (κ3) is 4.54. The summed E-state index contributed by atoms with van der Waals surface area (Å²) in [4.78, 5) is 0. The molecule has 3 heteroatoms. The van der Waals surface area contributed by atoms with Crippen LogP contribution in [0.4, 0.5) is 11.4 Å². The van der Waals surface area contributed by atoms with Crippen LogP contribution < -0.4 is 11.1 Å². The number of nitrogens with two attached hydrogens (primary N) is 1. The molecule has 3 N–H and O–H groups in total. The van der Waals surface area contributed by atoms with Gasteiger partial charge in [0.2, 0.25) is 0 Å². The summed E-state index contributed by atoms with van der Waals surface area (Å²) >= 11 is 0. The summed E-state index contributed by atoms with van der Waals surface area (Å²) in [5.74, 6) is 0. The fraction of sp³-hybridized carbons (Fsp3) is 0.278. The van der Waals surface area contributed by atoms with Gasteiger partial charge in [-0.25, -0.2) is 0 Å². The highest BCUT2D eigenvalue weighted by atomic mass is 14.9. The Morgan fingerprint density at radius 1 is 1.19 bits per heavy atom. The normalized spacial score (nSPS) is 11.6. The van der Waals surface area contributed by atoms with Crippen LogP contribution in [-0.4, -0.2) is 6.04 Å². The van der Waals surface area contributed by atoms with Crippen LogP contribution in [0.2, 0.25) is 0 Å². The molecule has 1 unspecified atom stereocenters. The number of nitrogen functional groups attached to an aromatic ring is 1. The van der Waals surface area contributed by atoms with Gasteiger partial charge >= 0.3 is 0 Å². The largest absolute Gasteiger partial charge is 0.398 e. The van der Waals surface area contributed by atoms with Crippen molar-refractivity contribution in [2.75, 3.05) is 11.1 Å². The molecule has 0 aliphatic heterocycles. The summed E-state index contributed by atoms with van der Waals surface area (Å²) in [5.41, 5.74) is 9.81. The summed E-state index contributed by atoms with van der Waals surface area (Å²) < 4.78 is 0. The van der Waals surface area contributed by atoms with E-state index in [4.69, 9.17) is 11.0 Å². The van der Waals surface area contributed by atoms with Crippen molar-refractivity contribution in [2.45, 2.75) is 32.2 Å². The fourth-order valence-electron chi connectivity index (χ4n) is 2.32. The molecule has 3 nitrogen and oxygen atoms in total. The van der Waals surface area contributed by atoms with Crippen molar-refractivity contribution in [2.24, 2.45) is 0 Å². The number of aryl methyl sites for hydroxylation is 1. The second kappa shape index (κ2) is 7.35. The molecule has 0 amide bonds. The number of nitrogens with zero attached hydrogens (tertiary/aromatic N) is 1. The number of nitriles is 1. The Morgan fingerprint density at radius 2 is 1.95 bits per heavy atom. The fourth-order valence-corrected chi connectivity index (χ4v) is 2.32. The van der Waals surface area contributed by atoms with Crippen LogP contribution in [0.15, 0.2) is 48.5 Å². The molecule has 0 aromatic heterocycles. The van der Waals surface area contributed by atoms with E-state index in [1.54, 1.807) is 0 Å². The van der Waals surface area contributed by atoms with E-state index < -0.39 is 0 Å². The molecule has 0 saturated heterocycles. The summed E-state index contributed by atoms with van der Waals surface area (Å²) in [6.07, 6.45) is 2.46. The molecule has 0 saturated carbocycles. The van der Waals surface area contributed by atoms with Crippen molar-refractivity contribution in [1.29, 1.82) is 5.26 Å². The lowest BCUT2D eigenvalue weighted by Crippen LogP contribution is -2.16. The maximum atomic E-state index is 8.80. The number of rotatable bonds is 6. The van der Waals surface area contributed by atoms with Crippen LogP contribution in [-0.2, 0) is 12.8 Å². The number of anilines is 2. The second-order valence-electron chi connectivity index (χ2n) is 5.32. The standard InChI is InChI=1S/C18H21N3/c1-14(7-8-15-5-3-2-4-6-15)21-17-9-10-18(20)16(13-17)11-12-19/h2-6,9-10,13-14,21H,7-8,11,20H2,1H3. The Hall–Kier alpha value is -2.47. The molecule has 2 rings (SSSR count). The first-order valence-electron chi connectivity index (χ1n) is 7.25. The Kier molecular flexibility index (Phi) is 5.22. The van der Waals surface area contributed by atoms with Crippen LogP contribution in [0, 0.1) is 11.3 Å². The van der Waals surface area contributed by atoms with Crippen LogP contribution in [0.1, 0.15) is 24.5 Å². The number of hydrogen-bond donors (Lipinski definition) is 2. The van der Waals surface area contributed by atoms with E-state index >= 15 is 0 Å². The molecule has 0 aliphatic carbocycles.